The molecule has 0 radical (unpaired) electrons. The van der Waals surface area contributed by atoms with Gasteiger partial charge in [-0.15, -0.1) is 16.1 Å². The summed E-state index contributed by atoms with van der Waals surface area (Å²) in [6, 6.07) is 18.6. The molecule has 3 aromatic rings. The Morgan fingerprint density at radius 3 is 2.72 bits per heavy atom. The number of hydrogen-bond donors (Lipinski definition) is 1. The maximum atomic E-state index is 13.1. The van der Waals surface area contributed by atoms with Crippen molar-refractivity contribution >= 4 is 34.9 Å². The van der Waals surface area contributed by atoms with Gasteiger partial charge in [-0.1, -0.05) is 29.8 Å². The van der Waals surface area contributed by atoms with E-state index in [0.29, 0.717) is 17.9 Å². The zero-order valence-electron chi connectivity index (χ0n) is 15.5. The summed E-state index contributed by atoms with van der Waals surface area (Å²) in [5.74, 6) is 6.33. The van der Waals surface area contributed by atoms with Crippen LogP contribution in [0.3, 0.4) is 0 Å². The third-order valence-electron chi connectivity index (χ3n) is 4.30. The number of fused-ring (bicyclic) bond motifs is 2. The summed E-state index contributed by atoms with van der Waals surface area (Å²) in [6.07, 6.45) is 0. The van der Waals surface area contributed by atoms with E-state index in [0.717, 1.165) is 21.2 Å². The minimum atomic E-state index is -0.0618. The third kappa shape index (κ3) is 3.77. The molecule has 140 valence electrons. The molecule has 1 aromatic heterocycles. The zero-order chi connectivity index (χ0) is 20.2. The Kier molecular flexibility index (Phi) is 5.15. The fourth-order valence-corrected chi connectivity index (χ4v) is 4.04. The number of benzene rings is 2. The molecule has 1 aliphatic heterocycles. The highest BCUT2D eigenvalue weighted by molar-refractivity contribution is 7.99. The number of aromatic nitrogens is 2. The van der Waals surface area contributed by atoms with E-state index in [-0.39, 0.29) is 11.6 Å². The fraction of sp³-hybridized carbons (Fsp3) is 0.0909. The van der Waals surface area contributed by atoms with Crippen LogP contribution in [0.1, 0.15) is 23.0 Å². The Morgan fingerprint density at radius 2 is 1.97 bits per heavy atom. The van der Waals surface area contributed by atoms with E-state index in [1.165, 1.54) is 0 Å². The SMILES string of the molecule is CC#CCN1C(=O)c2ccccc2Sc2cc(Nc3ccc(C#N)nn3)ccc21. The molecule has 4 rings (SSSR count). The number of nitrogens with one attached hydrogen (secondary N) is 1. The van der Waals surface area contributed by atoms with Crippen molar-refractivity contribution in [2.24, 2.45) is 0 Å². The van der Waals surface area contributed by atoms with E-state index in [9.17, 15) is 4.79 Å². The van der Waals surface area contributed by atoms with Gasteiger partial charge in [-0.3, -0.25) is 9.69 Å². The molecule has 0 bridgehead atoms. The van der Waals surface area contributed by atoms with Gasteiger partial charge in [0.05, 0.1) is 17.8 Å². The molecule has 1 N–H and O–H groups in total. The first kappa shape index (κ1) is 18.5. The maximum Gasteiger partial charge on any atom is 0.260 e. The van der Waals surface area contributed by atoms with Crippen molar-refractivity contribution in [3.8, 4) is 17.9 Å². The third-order valence-corrected chi connectivity index (χ3v) is 5.42. The molecule has 1 amide bonds. The first-order valence-corrected chi connectivity index (χ1v) is 9.64. The van der Waals surface area contributed by atoms with Crippen LogP contribution >= 0.6 is 11.8 Å². The Labute approximate surface area is 172 Å². The van der Waals surface area contributed by atoms with E-state index < -0.39 is 0 Å². The highest BCUT2D eigenvalue weighted by Gasteiger charge is 2.26. The first-order valence-electron chi connectivity index (χ1n) is 8.83. The van der Waals surface area contributed by atoms with Crippen molar-refractivity contribution in [3.05, 3.63) is 65.9 Å². The van der Waals surface area contributed by atoms with Crippen molar-refractivity contribution in [2.45, 2.75) is 16.7 Å². The van der Waals surface area contributed by atoms with Crippen LogP contribution in [-0.4, -0.2) is 22.6 Å². The summed E-state index contributed by atoms with van der Waals surface area (Å²) in [4.78, 5) is 16.7. The first-order chi connectivity index (χ1) is 14.2. The lowest BCUT2D eigenvalue weighted by atomic mass is 10.1. The molecule has 6 nitrogen and oxygen atoms in total. The summed E-state index contributed by atoms with van der Waals surface area (Å²) in [7, 11) is 0. The zero-order valence-corrected chi connectivity index (χ0v) is 16.3. The summed E-state index contributed by atoms with van der Waals surface area (Å²) in [6.45, 7) is 2.09. The summed E-state index contributed by atoms with van der Waals surface area (Å²) < 4.78 is 0. The van der Waals surface area contributed by atoms with E-state index in [1.807, 2.05) is 48.5 Å². The normalized spacial score (nSPS) is 12.0. The topological polar surface area (TPSA) is 81.9 Å². The van der Waals surface area contributed by atoms with Crippen LogP contribution in [0.25, 0.3) is 0 Å². The van der Waals surface area contributed by atoms with Gasteiger partial charge in [-0.25, -0.2) is 0 Å². The van der Waals surface area contributed by atoms with Crippen LogP contribution in [-0.2, 0) is 0 Å². The molecule has 2 heterocycles. The lowest BCUT2D eigenvalue weighted by molar-refractivity contribution is 0.0987. The number of anilines is 3. The number of rotatable bonds is 3. The lowest BCUT2D eigenvalue weighted by Crippen LogP contribution is -2.31. The molecule has 0 atom stereocenters. The van der Waals surface area contributed by atoms with E-state index in [1.54, 1.807) is 35.7 Å². The van der Waals surface area contributed by atoms with Gasteiger partial charge < -0.3 is 5.32 Å². The second-order valence-corrected chi connectivity index (χ2v) is 7.22. The largest absolute Gasteiger partial charge is 0.339 e. The maximum absolute atomic E-state index is 13.1. The van der Waals surface area contributed by atoms with Gasteiger partial charge in [0.2, 0.25) is 0 Å². The summed E-state index contributed by atoms with van der Waals surface area (Å²) in [5, 5.41) is 19.9. The van der Waals surface area contributed by atoms with Crippen molar-refractivity contribution in [3.63, 3.8) is 0 Å². The molecule has 0 saturated carbocycles. The van der Waals surface area contributed by atoms with Crippen LogP contribution in [0, 0.1) is 23.2 Å². The number of nitrogens with zero attached hydrogens (tertiary/aromatic N) is 4. The van der Waals surface area contributed by atoms with Gasteiger partial charge in [0.1, 0.15) is 6.07 Å². The molecular formula is C22H15N5OS. The Balaban J connectivity index is 1.73. The van der Waals surface area contributed by atoms with Crippen LogP contribution in [0.2, 0.25) is 0 Å². The molecule has 0 saturated heterocycles. The van der Waals surface area contributed by atoms with Crippen molar-refractivity contribution < 1.29 is 4.79 Å². The summed E-state index contributed by atoms with van der Waals surface area (Å²) >= 11 is 1.55. The second-order valence-electron chi connectivity index (χ2n) is 6.14. The Morgan fingerprint density at radius 1 is 1.10 bits per heavy atom. The van der Waals surface area contributed by atoms with Gasteiger partial charge in [-0.05, 0) is 49.4 Å². The molecule has 0 unspecified atom stereocenters. The van der Waals surface area contributed by atoms with Crippen molar-refractivity contribution in [1.82, 2.24) is 10.2 Å². The van der Waals surface area contributed by atoms with Gasteiger partial charge in [0, 0.05) is 15.5 Å². The molecule has 7 heteroatoms. The van der Waals surface area contributed by atoms with E-state index in [2.05, 4.69) is 27.4 Å². The second kappa shape index (κ2) is 8.05. The summed E-state index contributed by atoms with van der Waals surface area (Å²) in [5.41, 5.74) is 2.55. The standard InChI is InChI=1S/C22H15N5OS/c1-2-3-12-27-18-10-8-15(24-21-11-9-16(14-23)25-26-21)13-20(18)29-19-7-5-4-6-17(19)22(27)28/h4-11,13H,12H2,1H3,(H,24,26). The van der Waals surface area contributed by atoms with Crippen LogP contribution in [0.4, 0.5) is 17.2 Å². The van der Waals surface area contributed by atoms with Crippen molar-refractivity contribution in [2.75, 3.05) is 16.8 Å². The number of carbonyl (C=O) groups is 1. The van der Waals surface area contributed by atoms with E-state index >= 15 is 0 Å². The average molecular weight is 397 g/mol. The predicted octanol–water partition coefficient (Wildman–Crippen LogP) is 4.23. The van der Waals surface area contributed by atoms with Crippen molar-refractivity contribution in [1.29, 1.82) is 5.26 Å². The number of amides is 1. The quantitative estimate of drug-likeness (QED) is 0.666. The highest BCUT2D eigenvalue weighted by atomic mass is 32.2. The Bertz CT molecular complexity index is 1190. The molecule has 2 aromatic carbocycles. The minimum Gasteiger partial charge on any atom is -0.339 e. The molecule has 29 heavy (non-hydrogen) atoms. The van der Waals surface area contributed by atoms with Gasteiger partial charge in [0.25, 0.3) is 5.91 Å². The highest BCUT2D eigenvalue weighted by Crippen LogP contribution is 2.42. The monoisotopic (exact) mass is 397 g/mol. The van der Waals surface area contributed by atoms with E-state index in [4.69, 9.17) is 5.26 Å². The predicted molar refractivity (Wildman–Crippen MR) is 112 cm³/mol. The molecule has 1 aliphatic rings. The lowest BCUT2D eigenvalue weighted by Gasteiger charge is -2.21. The molecule has 0 spiro atoms. The molecule has 0 aliphatic carbocycles. The van der Waals surface area contributed by atoms with Gasteiger partial charge in [-0.2, -0.15) is 5.26 Å². The number of carbonyl (C=O) groups excluding carboxylic acids is 1. The van der Waals surface area contributed by atoms with Crippen LogP contribution < -0.4 is 10.2 Å². The molecular weight excluding hydrogens is 382 g/mol. The van der Waals surface area contributed by atoms with Gasteiger partial charge >= 0.3 is 0 Å². The van der Waals surface area contributed by atoms with Gasteiger partial charge in [0.15, 0.2) is 11.5 Å². The fourth-order valence-electron chi connectivity index (χ4n) is 2.92. The smallest absolute Gasteiger partial charge is 0.260 e. The van der Waals surface area contributed by atoms with Crippen LogP contribution in [0.5, 0.6) is 0 Å². The number of hydrogen-bond acceptors (Lipinski definition) is 6. The molecule has 0 fully saturated rings. The number of nitriles is 1. The Hall–Kier alpha value is -3.81. The average Bonchev–Trinajstić information content (AvgIpc) is 2.87. The minimum absolute atomic E-state index is 0.0618. The van der Waals surface area contributed by atoms with Crippen LogP contribution in [0.15, 0.2) is 64.4 Å².